The zero-order valence-corrected chi connectivity index (χ0v) is 10.3. The van der Waals surface area contributed by atoms with Gasteiger partial charge >= 0.3 is 0 Å². The van der Waals surface area contributed by atoms with Crippen molar-refractivity contribution in [1.29, 1.82) is 0 Å². The van der Waals surface area contributed by atoms with Crippen LogP contribution in [-0.2, 0) is 6.42 Å². The Morgan fingerprint density at radius 3 is 2.94 bits per heavy atom. The molecule has 17 heavy (non-hydrogen) atoms. The molecule has 0 radical (unpaired) electrons. The van der Waals surface area contributed by atoms with Gasteiger partial charge in [-0.05, 0) is 35.6 Å². The lowest BCUT2D eigenvalue weighted by atomic mass is 10.1. The van der Waals surface area contributed by atoms with Crippen LogP contribution in [0.1, 0.15) is 16.5 Å². The molecule has 3 N–H and O–H groups in total. The van der Waals surface area contributed by atoms with E-state index in [0.717, 1.165) is 4.88 Å². The maximum Gasteiger partial charge on any atom is 0.127 e. The van der Waals surface area contributed by atoms with E-state index in [4.69, 9.17) is 17.4 Å². The zero-order valence-electron chi connectivity index (χ0n) is 8.73. The van der Waals surface area contributed by atoms with Crippen molar-refractivity contribution in [3.8, 4) is 0 Å². The van der Waals surface area contributed by atoms with Gasteiger partial charge in [0.15, 0.2) is 0 Å². The highest BCUT2D eigenvalue weighted by atomic mass is 35.5. The summed E-state index contributed by atoms with van der Waals surface area (Å²) >= 11 is 6.92. The summed E-state index contributed by atoms with van der Waals surface area (Å²) in [4.78, 5) is 0.863. The van der Waals surface area contributed by atoms with Crippen LogP contribution >= 0.6 is 23.1 Å². The Morgan fingerprint density at radius 1 is 1.53 bits per heavy atom. The van der Waals surface area contributed by atoms with Crippen molar-refractivity contribution < 1.29 is 4.39 Å². The third-order valence-corrected chi connectivity index (χ3v) is 3.37. The summed E-state index contributed by atoms with van der Waals surface area (Å²) in [7, 11) is 0. The van der Waals surface area contributed by atoms with Crippen LogP contribution in [-0.4, -0.2) is 9.59 Å². The molecule has 0 saturated carbocycles. The molecule has 4 nitrogen and oxygen atoms in total. The average molecular weight is 273 g/mol. The molecule has 2 rings (SSSR count). The third-order valence-electron chi connectivity index (χ3n) is 2.36. The van der Waals surface area contributed by atoms with Gasteiger partial charge in [0.05, 0.1) is 17.1 Å². The Bertz CT molecular complexity index is 491. The van der Waals surface area contributed by atoms with Crippen LogP contribution in [0.3, 0.4) is 0 Å². The van der Waals surface area contributed by atoms with Crippen LogP contribution in [0.4, 0.5) is 4.39 Å². The minimum Gasteiger partial charge on any atom is -0.271 e. The van der Waals surface area contributed by atoms with Gasteiger partial charge in [0.2, 0.25) is 0 Å². The first-order chi connectivity index (χ1) is 8.20. The lowest BCUT2D eigenvalue weighted by Gasteiger charge is -2.13. The summed E-state index contributed by atoms with van der Waals surface area (Å²) in [6, 6.07) is 4.38. The summed E-state index contributed by atoms with van der Waals surface area (Å²) in [5.41, 5.74) is 3.17. The predicted octanol–water partition coefficient (Wildman–Crippen LogP) is 2.08. The standard InChI is InChI=1S/C10H10ClFN4S/c11-7-2-1-6(8(12)4-7)3-9(15-13)10-5-14-16-17-10/h1-2,4-5,9,15H,3,13H2. The van der Waals surface area contributed by atoms with Crippen molar-refractivity contribution in [3.63, 3.8) is 0 Å². The Balaban J connectivity index is 2.19. The normalized spacial score (nSPS) is 12.6. The second-order valence-corrected chi connectivity index (χ2v) is 4.73. The van der Waals surface area contributed by atoms with Crippen LogP contribution < -0.4 is 11.3 Å². The number of rotatable bonds is 4. The third kappa shape index (κ3) is 2.98. The molecule has 0 amide bonds. The Kier molecular flexibility index (Phi) is 4.01. The van der Waals surface area contributed by atoms with Gasteiger partial charge < -0.3 is 0 Å². The molecule has 1 aromatic heterocycles. The lowest BCUT2D eigenvalue weighted by molar-refractivity contribution is 0.535. The molecular weight excluding hydrogens is 263 g/mol. The quantitative estimate of drug-likeness (QED) is 0.661. The number of hydrazine groups is 1. The summed E-state index contributed by atoms with van der Waals surface area (Å²) in [5, 5.41) is 4.11. The van der Waals surface area contributed by atoms with Gasteiger partial charge in [-0.3, -0.25) is 11.3 Å². The Hall–Kier alpha value is -1.08. The van der Waals surface area contributed by atoms with Crippen molar-refractivity contribution in [2.24, 2.45) is 5.84 Å². The molecule has 2 aromatic rings. The van der Waals surface area contributed by atoms with E-state index in [1.807, 2.05) is 0 Å². The molecule has 1 atom stereocenters. The number of nitrogens with zero attached hydrogens (tertiary/aromatic N) is 2. The fourth-order valence-electron chi connectivity index (χ4n) is 1.48. The largest absolute Gasteiger partial charge is 0.271 e. The second kappa shape index (κ2) is 5.50. The van der Waals surface area contributed by atoms with Gasteiger partial charge in [0, 0.05) is 5.02 Å². The second-order valence-electron chi connectivity index (χ2n) is 3.48. The summed E-state index contributed by atoms with van der Waals surface area (Å²) in [6.07, 6.45) is 2.03. The predicted molar refractivity (Wildman–Crippen MR) is 65.1 cm³/mol. The minimum atomic E-state index is -0.338. The molecule has 0 aliphatic rings. The maximum atomic E-state index is 13.6. The first-order valence-corrected chi connectivity index (χ1v) is 6.03. The maximum absolute atomic E-state index is 13.6. The smallest absolute Gasteiger partial charge is 0.127 e. The summed E-state index contributed by atoms with van der Waals surface area (Å²) in [5.74, 6) is 5.11. The Morgan fingerprint density at radius 2 is 2.35 bits per heavy atom. The van der Waals surface area contributed by atoms with E-state index < -0.39 is 0 Å². The van der Waals surface area contributed by atoms with Crippen molar-refractivity contribution in [2.75, 3.05) is 0 Å². The molecule has 0 fully saturated rings. The number of nitrogens with two attached hydrogens (primary N) is 1. The van der Waals surface area contributed by atoms with Crippen molar-refractivity contribution >= 4 is 23.1 Å². The van der Waals surface area contributed by atoms with E-state index in [1.54, 1.807) is 18.3 Å². The summed E-state index contributed by atoms with van der Waals surface area (Å²) < 4.78 is 17.4. The van der Waals surface area contributed by atoms with Gasteiger partial charge in [0.1, 0.15) is 5.82 Å². The first-order valence-electron chi connectivity index (χ1n) is 4.88. The van der Waals surface area contributed by atoms with Gasteiger partial charge in [-0.25, -0.2) is 4.39 Å². The van der Waals surface area contributed by atoms with E-state index in [1.165, 1.54) is 17.6 Å². The fourth-order valence-corrected chi connectivity index (χ4v) is 2.20. The van der Waals surface area contributed by atoms with Crippen molar-refractivity contribution in [2.45, 2.75) is 12.5 Å². The monoisotopic (exact) mass is 272 g/mol. The highest BCUT2D eigenvalue weighted by Gasteiger charge is 2.15. The topological polar surface area (TPSA) is 63.8 Å². The van der Waals surface area contributed by atoms with Crippen molar-refractivity contribution in [1.82, 2.24) is 15.0 Å². The van der Waals surface area contributed by atoms with Crippen LogP contribution in [0.2, 0.25) is 5.02 Å². The molecular formula is C10H10ClFN4S. The number of halogens is 2. The Labute approximate surface area is 107 Å². The fraction of sp³-hybridized carbons (Fsp3) is 0.200. The van der Waals surface area contributed by atoms with E-state index in [2.05, 4.69) is 15.0 Å². The van der Waals surface area contributed by atoms with E-state index in [-0.39, 0.29) is 11.9 Å². The molecule has 7 heteroatoms. The number of hydrogen-bond acceptors (Lipinski definition) is 5. The molecule has 1 aromatic carbocycles. The lowest BCUT2D eigenvalue weighted by Crippen LogP contribution is -2.29. The number of hydrogen-bond donors (Lipinski definition) is 2. The van der Waals surface area contributed by atoms with E-state index >= 15 is 0 Å². The average Bonchev–Trinajstić information content (AvgIpc) is 2.81. The van der Waals surface area contributed by atoms with Gasteiger partial charge in [-0.15, -0.1) is 5.10 Å². The number of aromatic nitrogens is 2. The van der Waals surface area contributed by atoms with E-state index in [0.29, 0.717) is 17.0 Å². The number of nitrogens with one attached hydrogen (secondary N) is 1. The van der Waals surface area contributed by atoms with Gasteiger partial charge in [-0.1, -0.05) is 22.2 Å². The molecule has 0 spiro atoms. The van der Waals surface area contributed by atoms with Crippen molar-refractivity contribution in [3.05, 3.63) is 45.7 Å². The highest BCUT2D eigenvalue weighted by Crippen LogP contribution is 2.22. The first kappa shape index (κ1) is 12.4. The summed E-state index contributed by atoms with van der Waals surface area (Å²) in [6.45, 7) is 0. The molecule has 0 aliphatic heterocycles. The van der Waals surface area contributed by atoms with Crippen LogP contribution in [0.25, 0.3) is 0 Å². The van der Waals surface area contributed by atoms with E-state index in [9.17, 15) is 4.39 Å². The molecule has 0 saturated heterocycles. The molecule has 1 heterocycles. The van der Waals surface area contributed by atoms with Gasteiger partial charge in [0.25, 0.3) is 0 Å². The van der Waals surface area contributed by atoms with Crippen LogP contribution in [0.15, 0.2) is 24.4 Å². The molecule has 1 unspecified atom stereocenters. The molecule has 90 valence electrons. The zero-order chi connectivity index (χ0) is 12.3. The molecule has 0 bridgehead atoms. The van der Waals surface area contributed by atoms with Crippen LogP contribution in [0.5, 0.6) is 0 Å². The number of benzene rings is 1. The minimum absolute atomic E-state index is 0.203. The molecule has 0 aliphatic carbocycles. The highest BCUT2D eigenvalue weighted by molar-refractivity contribution is 7.05. The van der Waals surface area contributed by atoms with Crippen LogP contribution in [0, 0.1) is 5.82 Å². The van der Waals surface area contributed by atoms with Gasteiger partial charge in [-0.2, -0.15) is 0 Å². The SMILES string of the molecule is NNC(Cc1ccc(Cl)cc1F)c1cnns1.